The molecule has 4 heteroatoms. The molecule has 0 aliphatic carbocycles. The highest BCUT2D eigenvalue weighted by atomic mass is 16.3. The van der Waals surface area contributed by atoms with Crippen LogP contribution in [-0.4, -0.2) is 18.6 Å². The minimum absolute atomic E-state index is 0.649. The molecule has 0 fully saturated rings. The number of hydrogen-bond acceptors (Lipinski definition) is 4. The van der Waals surface area contributed by atoms with Crippen LogP contribution >= 0.6 is 0 Å². The predicted octanol–water partition coefficient (Wildman–Crippen LogP) is 3.37. The van der Waals surface area contributed by atoms with Gasteiger partial charge in [-0.2, -0.15) is 0 Å². The van der Waals surface area contributed by atoms with E-state index in [1.165, 1.54) is 16.8 Å². The Morgan fingerprint density at radius 1 is 1.38 bits per heavy atom. The first kappa shape index (κ1) is 15.6. The Hall–Kier alpha value is -1.81. The molecule has 1 N–H and O–H groups in total. The van der Waals surface area contributed by atoms with Crippen molar-refractivity contribution in [3.05, 3.63) is 47.7 Å². The van der Waals surface area contributed by atoms with E-state index in [0.29, 0.717) is 5.92 Å². The number of nitrogens with zero attached hydrogens (tertiary/aromatic N) is 2. The maximum Gasteiger partial charge on any atom is 0.0952 e. The topological polar surface area (TPSA) is 41.3 Å². The zero-order valence-corrected chi connectivity index (χ0v) is 13.4. The van der Waals surface area contributed by atoms with Crippen molar-refractivity contribution < 1.29 is 4.42 Å². The summed E-state index contributed by atoms with van der Waals surface area (Å²) < 4.78 is 5.15. The van der Waals surface area contributed by atoms with Crippen LogP contribution in [0.15, 0.2) is 35.3 Å². The van der Waals surface area contributed by atoms with Crippen molar-refractivity contribution >= 4 is 5.69 Å². The Morgan fingerprint density at radius 2 is 2.19 bits per heavy atom. The number of pyridine rings is 1. The Labute approximate surface area is 127 Å². The van der Waals surface area contributed by atoms with Gasteiger partial charge in [-0.3, -0.25) is 4.98 Å². The fourth-order valence-corrected chi connectivity index (χ4v) is 2.30. The van der Waals surface area contributed by atoms with Crippen molar-refractivity contribution in [1.82, 2.24) is 10.3 Å². The molecular weight excluding hydrogens is 262 g/mol. The van der Waals surface area contributed by atoms with Gasteiger partial charge in [0, 0.05) is 48.8 Å². The second-order valence-corrected chi connectivity index (χ2v) is 5.97. The van der Waals surface area contributed by atoms with Crippen molar-refractivity contribution in [3.8, 4) is 0 Å². The molecule has 2 aromatic heterocycles. The summed E-state index contributed by atoms with van der Waals surface area (Å²) in [4.78, 5) is 6.67. The van der Waals surface area contributed by atoms with E-state index >= 15 is 0 Å². The summed E-state index contributed by atoms with van der Waals surface area (Å²) in [6.07, 6.45) is 5.48. The van der Waals surface area contributed by atoms with Crippen LogP contribution in [0, 0.1) is 12.8 Å². The molecule has 0 radical (unpaired) electrons. The van der Waals surface area contributed by atoms with Gasteiger partial charge in [0.2, 0.25) is 0 Å². The molecule has 0 aliphatic heterocycles. The van der Waals surface area contributed by atoms with Gasteiger partial charge in [0.15, 0.2) is 0 Å². The average molecular weight is 287 g/mol. The molecule has 0 spiro atoms. The zero-order valence-electron chi connectivity index (χ0n) is 13.4. The van der Waals surface area contributed by atoms with E-state index in [1.807, 2.05) is 19.2 Å². The molecule has 0 saturated heterocycles. The summed E-state index contributed by atoms with van der Waals surface area (Å²) in [5.41, 5.74) is 4.66. The summed E-state index contributed by atoms with van der Waals surface area (Å²) in [6, 6.07) is 4.15. The van der Waals surface area contributed by atoms with Crippen LogP contribution in [0.25, 0.3) is 0 Å². The summed E-state index contributed by atoms with van der Waals surface area (Å²) in [7, 11) is 2.10. The van der Waals surface area contributed by atoms with Crippen LogP contribution in [0.5, 0.6) is 0 Å². The number of hydrogen-bond donors (Lipinski definition) is 1. The number of nitrogens with one attached hydrogen (secondary N) is 1. The SMILES string of the molecule is Cc1cc(N(C)Cc2ccoc2)c(CNCC(C)C)cn1. The summed E-state index contributed by atoms with van der Waals surface area (Å²) >= 11 is 0. The van der Waals surface area contributed by atoms with Gasteiger partial charge in [-0.1, -0.05) is 13.8 Å². The van der Waals surface area contributed by atoms with Crippen LogP contribution in [0.2, 0.25) is 0 Å². The van der Waals surface area contributed by atoms with Gasteiger partial charge in [-0.05, 0) is 31.5 Å². The van der Waals surface area contributed by atoms with Gasteiger partial charge in [-0.15, -0.1) is 0 Å². The number of furan rings is 1. The Bertz CT molecular complexity index is 549. The zero-order chi connectivity index (χ0) is 15.2. The second kappa shape index (κ2) is 7.27. The first-order valence-electron chi connectivity index (χ1n) is 7.44. The lowest BCUT2D eigenvalue weighted by Gasteiger charge is -2.22. The van der Waals surface area contributed by atoms with E-state index in [-0.39, 0.29) is 0 Å². The van der Waals surface area contributed by atoms with E-state index in [1.54, 1.807) is 12.5 Å². The van der Waals surface area contributed by atoms with Crippen LogP contribution in [-0.2, 0) is 13.1 Å². The number of anilines is 1. The molecule has 0 saturated carbocycles. The lowest BCUT2D eigenvalue weighted by molar-refractivity contribution is 0.551. The standard InChI is InChI=1S/C17H25N3O/c1-13(2)8-18-9-16-10-19-14(3)7-17(16)20(4)11-15-5-6-21-12-15/h5-7,10,12-13,18H,8-9,11H2,1-4H3. The molecule has 0 aromatic carbocycles. The molecule has 2 aromatic rings. The maximum atomic E-state index is 5.15. The van der Waals surface area contributed by atoms with Crippen molar-refractivity contribution in [2.24, 2.45) is 5.92 Å². The lowest BCUT2D eigenvalue weighted by Crippen LogP contribution is -2.23. The first-order chi connectivity index (χ1) is 10.1. The molecule has 0 amide bonds. The molecule has 21 heavy (non-hydrogen) atoms. The van der Waals surface area contributed by atoms with Crippen molar-refractivity contribution in [2.45, 2.75) is 33.9 Å². The van der Waals surface area contributed by atoms with Crippen molar-refractivity contribution in [1.29, 1.82) is 0 Å². The van der Waals surface area contributed by atoms with Crippen LogP contribution in [0.3, 0.4) is 0 Å². The quantitative estimate of drug-likeness (QED) is 0.848. The Balaban J connectivity index is 2.10. The van der Waals surface area contributed by atoms with Crippen LogP contribution in [0.4, 0.5) is 5.69 Å². The van der Waals surface area contributed by atoms with E-state index < -0.39 is 0 Å². The minimum Gasteiger partial charge on any atom is -0.472 e. The third-order valence-electron chi connectivity index (χ3n) is 3.38. The lowest BCUT2D eigenvalue weighted by atomic mass is 10.1. The number of rotatable bonds is 7. The Morgan fingerprint density at radius 3 is 2.86 bits per heavy atom. The molecule has 4 nitrogen and oxygen atoms in total. The molecule has 0 aliphatic rings. The summed E-state index contributed by atoms with van der Waals surface area (Å²) in [6.45, 7) is 9.14. The summed E-state index contributed by atoms with van der Waals surface area (Å²) in [5.74, 6) is 0.649. The smallest absolute Gasteiger partial charge is 0.0952 e. The van der Waals surface area contributed by atoms with E-state index in [9.17, 15) is 0 Å². The van der Waals surface area contributed by atoms with E-state index in [2.05, 4.69) is 42.2 Å². The Kier molecular flexibility index (Phi) is 5.39. The highest BCUT2D eigenvalue weighted by Gasteiger charge is 2.10. The molecule has 114 valence electrons. The van der Waals surface area contributed by atoms with Gasteiger partial charge < -0.3 is 14.6 Å². The van der Waals surface area contributed by atoms with Crippen molar-refractivity contribution in [3.63, 3.8) is 0 Å². The predicted molar refractivity (Wildman–Crippen MR) is 86.3 cm³/mol. The average Bonchev–Trinajstić information content (AvgIpc) is 2.92. The summed E-state index contributed by atoms with van der Waals surface area (Å²) in [5, 5.41) is 3.49. The van der Waals surface area contributed by atoms with Gasteiger partial charge in [-0.25, -0.2) is 0 Å². The van der Waals surface area contributed by atoms with E-state index in [0.717, 1.165) is 25.3 Å². The van der Waals surface area contributed by atoms with Crippen LogP contribution in [0.1, 0.15) is 30.7 Å². The molecule has 0 bridgehead atoms. The molecule has 2 heterocycles. The van der Waals surface area contributed by atoms with E-state index in [4.69, 9.17) is 4.42 Å². The second-order valence-electron chi connectivity index (χ2n) is 5.97. The van der Waals surface area contributed by atoms with Gasteiger partial charge in [0.05, 0.1) is 12.5 Å². The molecule has 2 rings (SSSR count). The number of aryl methyl sites for hydroxylation is 1. The fourth-order valence-electron chi connectivity index (χ4n) is 2.30. The van der Waals surface area contributed by atoms with Crippen LogP contribution < -0.4 is 10.2 Å². The maximum absolute atomic E-state index is 5.15. The largest absolute Gasteiger partial charge is 0.472 e. The molecule has 0 atom stereocenters. The monoisotopic (exact) mass is 287 g/mol. The van der Waals surface area contributed by atoms with Gasteiger partial charge in [0.1, 0.15) is 0 Å². The third kappa shape index (κ3) is 4.60. The fraction of sp³-hybridized carbons (Fsp3) is 0.471. The van der Waals surface area contributed by atoms with Crippen molar-refractivity contribution in [2.75, 3.05) is 18.5 Å². The molecular formula is C17H25N3O. The normalized spacial score (nSPS) is 11.1. The van der Waals surface area contributed by atoms with Gasteiger partial charge >= 0.3 is 0 Å². The third-order valence-corrected chi connectivity index (χ3v) is 3.38. The van der Waals surface area contributed by atoms with Gasteiger partial charge in [0.25, 0.3) is 0 Å². The highest BCUT2D eigenvalue weighted by molar-refractivity contribution is 5.53. The first-order valence-corrected chi connectivity index (χ1v) is 7.44. The minimum atomic E-state index is 0.649. The number of aromatic nitrogens is 1. The molecule has 0 unspecified atom stereocenters. The highest BCUT2D eigenvalue weighted by Crippen LogP contribution is 2.21.